The molecule has 0 spiro atoms. The maximum Gasteiger partial charge on any atom is 0.272 e. The molecule has 2 fully saturated rings. The fraction of sp³-hybridized carbons (Fsp3) is 0.407. The molecule has 2 aromatic carbocycles. The Bertz CT molecular complexity index is 1080. The van der Waals surface area contributed by atoms with E-state index in [1.54, 1.807) is 4.68 Å². The van der Waals surface area contributed by atoms with Crippen LogP contribution in [0.2, 0.25) is 0 Å². The Kier molecular flexibility index (Phi) is 5.60. The molecular weight excluding hydrogens is 398 g/mol. The van der Waals surface area contributed by atoms with Crippen molar-refractivity contribution in [1.29, 1.82) is 0 Å². The molecule has 166 valence electrons. The van der Waals surface area contributed by atoms with Crippen molar-refractivity contribution >= 4 is 5.91 Å². The highest BCUT2D eigenvalue weighted by molar-refractivity contribution is 5.93. The highest BCUT2D eigenvalue weighted by Gasteiger charge is 2.52. The Balaban J connectivity index is 1.51. The van der Waals surface area contributed by atoms with Crippen molar-refractivity contribution in [3.05, 3.63) is 89.2 Å². The molecule has 0 N–H and O–H groups in total. The molecular formula is C27H31N3O2. The van der Waals surface area contributed by atoms with Crippen LogP contribution in [0.25, 0.3) is 0 Å². The first-order valence-corrected chi connectivity index (χ1v) is 11.6. The number of carbonyl (C=O) groups is 1. The highest BCUT2D eigenvalue weighted by atomic mass is 16.5. The van der Waals surface area contributed by atoms with Gasteiger partial charge in [0.1, 0.15) is 5.69 Å². The van der Waals surface area contributed by atoms with Gasteiger partial charge in [-0.3, -0.25) is 9.48 Å². The second-order valence-corrected chi connectivity index (χ2v) is 9.35. The first-order chi connectivity index (χ1) is 15.6. The average molecular weight is 430 g/mol. The normalized spacial score (nSPS) is 24.8. The summed E-state index contributed by atoms with van der Waals surface area (Å²) in [5.74, 6) is 0.479. The van der Waals surface area contributed by atoms with Gasteiger partial charge < -0.3 is 9.64 Å². The number of amides is 1. The Morgan fingerprint density at radius 1 is 1.16 bits per heavy atom. The summed E-state index contributed by atoms with van der Waals surface area (Å²) in [4.78, 5) is 15.9. The van der Waals surface area contributed by atoms with Crippen LogP contribution in [0.3, 0.4) is 0 Å². The molecule has 0 bridgehead atoms. The van der Waals surface area contributed by atoms with Crippen LogP contribution >= 0.6 is 0 Å². The molecule has 5 nitrogen and oxygen atoms in total. The van der Waals surface area contributed by atoms with E-state index in [9.17, 15) is 4.79 Å². The van der Waals surface area contributed by atoms with Crippen LogP contribution in [0.1, 0.15) is 46.6 Å². The van der Waals surface area contributed by atoms with Crippen LogP contribution in [0.4, 0.5) is 0 Å². The molecule has 5 heteroatoms. The molecule has 1 saturated heterocycles. The predicted octanol–water partition coefficient (Wildman–Crippen LogP) is 4.51. The number of carbonyl (C=O) groups excluding carboxylic acids is 1. The molecule has 1 aromatic heterocycles. The zero-order valence-electron chi connectivity index (χ0n) is 18.9. The molecule has 5 rings (SSSR count). The summed E-state index contributed by atoms with van der Waals surface area (Å²) in [6.07, 6.45) is 2.95. The summed E-state index contributed by atoms with van der Waals surface area (Å²) in [5, 5.41) is 4.43. The minimum Gasteiger partial charge on any atom is -0.381 e. The van der Waals surface area contributed by atoms with Gasteiger partial charge in [0.05, 0.1) is 12.3 Å². The van der Waals surface area contributed by atoms with Crippen LogP contribution in [0.5, 0.6) is 0 Å². The van der Waals surface area contributed by atoms with E-state index in [2.05, 4.69) is 52.5 Å². The Morgan fingerprint density at radius 2 is 1.88 bits per heavy atom. The van der Waals surface area contributed by atoms with Crippen molar-refractivity contribution in [2.75, 3.05) is 13.2 Å². The lowest BCUT2D eigenvalue weighted by Gasteiger charge is -2.40. The largest absolute Gasteiger partial charge is 0.381 e. The summed E-state index contributed by atoms with van der Waals surface area (Å²) in [7, 11) is 1.86. The summed E-state index contributed by atoms with van der Waals surface area (Å²) in [6.45, 7) is 4.09. The number of aromatic nitrogens is 2. The number of fused-ring (bicyclic) bond motifs is 1. The topological polar surface area (TPSA) is 47.4 Å². The Labute approximate surface area is 190 Å². The van der Waals surface area contributed by atoms with Crippen LogP contribution in [-0.4, -0.2) is 39.8 Å². The van der Waals surface area contributed by atoms with Gasteiger partial charge in [-0.05, 0) is 49.3 Å². The fourth-order valence-corrected chi connectivity index (χ4v) is 5.85. The van der Waals surface area contributed by atoms with Crippen LogP contribution in [0, 0.1) is 12.8 Å². The van der Waals surface area contributed by atoms with Gasteiger partial charge in [0.15, 0.2) is 0 Å². The quantitative estimate of drug-likeness (QED) is 0.600. The van der Waals surface area contributed by atoms with Gasteiger partial charge in [-0.25, -0.2) is 0 Å². The van der Waals surface area contributed by atoms with Crippen LogP contribution < -0.4 is 0 Å². The van der Waals surface area contributed by atoms with Crippen molar-refractivity contribution in [3.63, 3.8) is 0 Å². The van der Waals surface area contributed by atoms with E-state index in [-0.39, 0.29) is 17.4 Å². The molecule has 0 radical (unpaired) electrons. The number of aryl methyl sites for hydroxylation is 2. The maximum absolute atomic E-state index is 13.9. The van der Waals surface area contributed by atoms with E-state index in [4.69, 9.17) is 4.74 Å². The van der Waals surface area contributed by atoms with Gasteiger partial charge in [-0.2, -0.15) is 5.10 Å². The molecule has 1 aliphatic heterocycles. The van der Waals surface area contributed by atoms with E-state index in [1.165, 1.54) is 5.56 Å². The summed E-state index contributed by atoms with van der Waals surface area (Å²) in [6, 6.07) is 23.2. The summed E-state index contributed by atoms with van der Waals surface area (Å²) in [5.41, 5.74) is 4.13. The zero-order valence-corrected chi connectivity index (χ0v) is 18.9. The lowest BCUT2D eigenvalue weighted by atomic mass is 9.69. The van der Waals surface area contributed by atoms with Crippen molar-refractivity contribution in [1.82, 2.24) is 14.7 Å². The molecule has 3 aromatic rings. The Hall–Kier alpha value is -2.92. The number of nitrogens with zero attached hydrogens (tertiary/aromatic N) is 3. The summed E-state index contributed by atoms with van der Waals surface area (Å²) >= 11 is 0. The van der Waals surface area contributed by atoms with Crippen molar-refractivity contribution in [3.8, 4) is 0 Å². The monoisotopic (exact) mass is 429 g/mol. The van der Waals surface area contributed by atoms with Crippen molar-refractivity contribution in [2.24, 2.45) is 13.0 Å². The predicted molar refractivity (Wildman–Crippen MR) is 124 cm³/mol. The molecule has 1 amide bonds. The minimum atomic E-state index is 0.0599. The van der Waals surface area contributed by atoms with Crippen LogP contribution in [-0.2, 0) is 23.7 Å². The Morgan fingerprint density at radius 3 is 2.56 bits per heavy atom. The zero-order chi connectivity index (χ0) is 22.1. The number of hydrogen-bond acceptors (Lipinski definition) is 3. The number of benzene rings is 2. The fourth-order valence-electron chi connectivity index (χ4n) is 5.85. The number of hydrogen-bond donors (Lipinski definition) is 0. The first-order valence-electron chi connectivity index (χ1n) is 11.6. The molecule has 32 heavy (non-hydrogen) atoms. The van der Waals surface area contributed by atoms with E-state index in [0.29, 0.717) is 18.2 Å². The minimum absolute atomic E-state index is 0.0599. The van der Waals surface area contributed by atoms with Gasteiger partial charge in [-0.1, -0.05) is 60.7 Å². The molecule has 3 atom stereocenters. The van der Waals surface area contributed by atoms with Crippen molar-refractivity contribution < 1.29 is 9.53 Å². The first kappa shape index (κ1) is 21.0. The smallest absolute Gasteiger partial charge is 0.272 e. The SMILES string of the molecule is Cc1cc(C(=O)N(Cc2ccccc2)[C@@H]2C[C@@H]3COCC[C@]3(c3ccccc3)C2)n(C)n1. The van der Waals surface area contributed by atoms with Gasteiger partial charge >= 0.3 is 0 Å². The van der Waals surface area contributed by atoms with E-state index in [0.717, 1.165) is 43.7 Å². The molecule has 2 aliphatic rings. The summed E-state index contributed by atoms with van der Waals surface area (Å²) < 4.78 is 7.64. The lowest BCUT2D eigenvalue weighted by molar-refractivity contribution is 0.0124. The van der Waals surface area contributed by atoms with Gasteiger partial charge in [0, 0.05) is 31.7 Å². The average Bonchev–Trinajstić information content (AvgIpc) is 3.38. The third kappa shape index (κ3) is 3.75. The van der Waals surface area contributed by atoms with E-state index in [1.807, 2.05) is 38.2 Å². The molecule has 0 unspecified atom stereocenters. The van der Waals surface area contributed by atoms with Gasteiger partial charge in [0.25, 0.3) is 5.91 Å². The standard InChI is InChI=1S/C27H31N3O2/c1-20-15-25(29(2)28-20)26(31)30(18-21-9-5-3-6-10-21)24-16-23-19-32-14-13-27(23,17-24)22-11-7-4-8-12-22/h3-12,15,23-24H,13-14,16-19H2,1-2H3/t23-,24-,27-/m1/s1. The molecule has 1 saturated carbocycles. The maximum atomic E-state index is 13.9. The highest BCUT2D eigenvalue weighted by Crippen LogP contribution is 2.51. The molecule has 2 heterocycles. The number of rotatable bonds is 5. The second kappa shape index (κ2) is 8.55. The van der Waals surface area contributed by atoms with Crippen molar-refractivity contribution in [2.45, 2.75) is 44.2 Å². The second-order valence-electron chi connectivity index (χ2n) is 9.35. The van der Waals surface area contributed by atoms with Crippen LogP contribution in [0.15, 0.2) is 66.7 Å². The third-order valence-corrected chi connectivity index (χ3v) is 7.42. The number of ether oxygens (including phenoxy) is 1. The van der Waals surface area contributed by atoms with Gasteiger partial charge in [-0.15, -0.1) is 0 Å². The van der Waals surface area contributed by atoms with E-state index < -0.39 is 0 Å². The van der Waals surface area contributed by atoms with E-state index >= 15 is 0 Å². The third-order valence-electron chi connectivity index (χ3n) is 7.42. The molecule has 1 aliphatic carbocycles. The lowest BCUT2D eigenvalue weighted by Crippen LogP contribution is -2.41. The van der Waals surface area contributed by atoms with Gasteiger partial charge in [0.2, 0.25) is 0 Å².